The summed E-state index contributed by atoms with van der Waals surface area (Å²) >= 11 is -1.18. The van der Waals surface area contributed by atoms with Gasteiger partial charge in [-0.2, -0.15) is 0 Å². The topological polar surface area (TPSA) is 9.23 Å². The third kappa shape index (κ3) is 3.35. The van der Waals surface area contributed by atoms with Crippen molar-refractivity contribution in [1.29, 1.82) is 0 Å². The Labute approximate surface area is 132 Å². The summed E-state index contributed by atoms with van der Waals surface area (Å²) in [6.07, 6.45) is 6.83. The molecule has 1 aliphatic heterocycles. The molecule has 1 heterocycles. The van der Waals surface area contributed by atoms with Gasteiger partial charge in [0.25, 0.3) is 0 Å². The van der Waals surface area contributed by atoms with Crippen LogP contribution in [0.4, 0.5) is 0 Å². The first-order valence-electron chi connectivity index (χ1n) is 8.03. The van der Waals surface area contributed by atoms with Crippen molar-refractivity contribution in [2.24, 2.45) is 0 Å². The molecule has 21 heavy (non-hydrogen) atoms. The molecule has 0 unspecified atom stereocenters. The zero-order valence-electron chi connectivity index (χ0n) is 12.7. The summed E-state index contributed by atoms with van der Waals surface area (Å²) in [5, 5.41) is 1.37. The number of hydrogen-bond donors (Lipinski definition) is 0. The molecule has 2 heteroatoms. The van der Waals surface area contributed by atoms with E-state index in [2.05, 4.69) is 55.5 Å². The summed E-state index contributed by atoms with van der Waals surface area (Å²) in [6.45, 7) is 2.28. The standard InChI is InChI=1S/C19H23AsO/c1-2-3-4-5-10-15-20-16-11-6-8-13-18(16)21-19-14-9-7-12-17(19)20/h6-9,11-14H,2-5,10,15H2,1H3. The van der Waals surface area contributed by atoms with Gasteiger partial charge in [0, 0.05) is 0 Å². The zero-order valence-corrected chi connectivity index (χ0v) is 14.6. The van der Waals surface area contributed by atoms with E-state index in [-0.39, 0.29) is 0 Å². The van der Waals surface area contributed by atoms with Crippen LogP contribution in [0.25, 0.3) is 0 Å². The molecule has 2 aromatic rings. The van der Waals surface area contributed by atoms with Gasteiger partial charge in [-0.1, -0.05) is 0 Å². The second kappa shape index (κ2) is 7.18. The average molecular weight is 342 g/mol. The van der Waals surface area contributed by atoms with Crippen LogP contribution in [-0.2, 0) is 0 Å². The summed E-state index contributed by atoms with van der Waals surface area (Å²) < 4.78 is 9.09. The molecule has 110 valence electrons. The van der Waals surface area contributed by atoms with Crippen molar-refractivity contribution in [3.63, 3.8) is 0 Å². The first kappa shape index (κ1) is 14.7. The predicted octanol–water partition coefficient (Wildman–Crippen LogP) is 4.37. The summed E-state index contributed by atoms with van der Waals surface area (Å²) in [7, 11) is 0. The quantitative estimate of drug-likeness (QED) is 0.559. The number of benzene rings is 2. The third-order valence-electron chi connectivity index (χ3n) is 4.02. The van der Waals surface area contributed by atoms with Gasteiger partial charge in [-0.3, -0.25) is 0 Å². The second-order valence-corrected chi connectivity index (χ2v) is 10.4. The SMILES string of the molecule is CCCCCCC[As]1c2ccccc2Oc2ccccc21. The van der Waals surface area contributed by atoms with Crippen molar-refractivity contribution in [3.05, 3.63) is 48.5 Å². The molecule has 0 radical (unpaired) electrons. The van der Waals surface area contributed by atoms with Gasteiger partial charge in [0.1, 0.15) is 0 Å². The van der Waals surface area contributed by atoms with E-state index in [0.717, 1.165) is 11.5 Å². The zero-order chi connectivity index (χ0) is 14.5. The van der Waals surface area contributed by atoms with Crippen molar-refractivity contribution < 1.29 is 4.74 Å². The number of hydrogen-bond acceptors (Lipinski definition) is 1. The fraction of sp³-hybridized carbons (Fsp3) is 0.368. The van der Waals surface area contributed by atoms with E-state index in [0.29, 0.717) is 0 Å². The number of para-hydroxylation sites is 2. The van der Waals surface area contributed by atoms with E-state index in [1.54, 1.807) is 0 Å². The van der Waals surface area contributed by atoms with Crippen LogP contribution in [0, 0.1) is 0 Å². The van der Waals surface area contributed by atoms with E-state index in [1.807, 2.05) is 0 Å². The molecule has 1 aliphatic rings. The molecule has 0 saturated heterocycles. The minimum atomic E-state index is -1.18. The van der Waals surface area contributed by atoms with Crippen LogP contribution >= 0.6 is 0 Å². The molecule has 0 N–H and O–H groups in total. The fourth-order valence-corrected chi connectivity index (χ4v) is 8.32. The molecule has 2 aromatic carbocycles. The first-order chi connectivity index (χ1) is 10.4. The Kier molecular flexibility index (Phi) is 5.03. The van der Waals surface area contributed by atoms with Gasteiger partial charge < -0.3 is 0 Å². The van der Waals surface area contributed by atoms with Crippen molar-refractivity contribution >= 4 is 23.4 Å². The second-order valence-electron chi connectivity index (χ2n) is 5.60. The van der Waals surface area contributed by atoms with Gasteiger partial charge in [-0.15, -0.1) is 0 Å². The maximum atomic E-state index is 6.09. The van der Waals surface area contributed by atoms with Crippen molar-refractivity contribution in [3.8, 4) is 11.5 Å². The predicted molar refractivity (Wildman–Crippen MR) is 91.5 cm³/mol. The monoisotopic (exact) mass is 342 g/mol. The van der Waals surface area contributed by atoms with Crippen LogP contribution in [-0.4, -0.2) is 14.7 Å². The molecule has 0 amide bonds. The summed E-state index contributed by atoms with van der Waals surface area (Å²) in [5.74, 6) is 2.20. The van der Waals surface area contributed by atoms with Gasteiger partial charge in [-0.05, 0) is 0 Å². The van der Waals surface area contributed by atoms with Gasteiger partial charge in [-0.25, -0.2) is 0 Å². The summed E-state index contributed by atoms with van der Waals surface area (Å²) in [5.41, 5.74) is 0. The number of ether oxygens (including phenoxy) is 1. The molecule has 0 fully saturated rings. The molecule has 1 nitrogen and oxygen atoms in total. The Morgan fingerprint density at radius 1 is 0.762 bits per heavy atom. The fourth-order valence-electron chi connectivity index (χ4n) is 2.90. The normalized spacial score (nSPS) is 13.4. The van der Waals surface area contributed by atoms with E-state index in [9.17, 15) is 0 Å². The number of fused-ring (bicyclic) bond motifs is 2. The molecule has 0 aromatic heterocycles. The molecule has 0 aliphatic carbocycles. The Morgan fingerprint density at radius 3 is 1.95 bits per heavy atom. The Hall–Kier alpha value is -1.20. The van der Waals surface area contributed by atoms with E-state index in [4.69, 9.17) is 4.74 Å². The van der Waals surface area contributed by atoms with E-state index in [1.165, 1.54) is 46.0 Å². The van der Waals surface area contributed by atoms with Gasteiger partial charge in [0.05, 0.1) is 0 Å². The Bertz CT molecular complexity index is 548. The van der Waals surface area contributed by atoms with Crippen LogP contribution in [0.2, 0.25) is 5.21 Å². The summed E-state index contributed by atoms with van der Waals surface area (Å²) in [6, 6.07) is 17.3. The van der Waals surface area contributed by atoms with Gasteiger partial charge >= 0.3 is 132 Å². The minimum absolute atomic E-state index is 1.10. The van der Waals surface area contributed by atoms with Crippen LogP contribution in [0.15, 0.2) is 48.5 Å². The average Bonchev–Trinajstić information content (AvgIpc) is 2.53. The van der Waals surface area contributed by atoms with Crippen molar-refractivity contribution in [2.75, 3.05) is 0 Å². The molecule has 0 atom stereocenters. The Morgan fingerprint density at radius 2 is 1.33 bits per heavy atom. The molecule has 0 saturated carbocycles. The van der Waals surface area contributed by atoms with E-state index < -0.39 is 14.7 Å². The van der Waals surface area contributed by atoms with Crippen LogP contribution < -0.4 is 13.4 Å². The van der Waals surface area contributed by atoms with Gasteiger partial charge in [0.15, 0.2) is 0 Å². The number of unbranched alkanes of at least 4 members (excludes halogenated alkanes) is 4. The van der Waals surface area contributed by atoms with Crippen LogP contribution in [0.3, 0.4) is 0 Å². The van der Waals surface area contributed by atoms with Crippen molar-refractivity contribution in [2.45, 2.75) is 44.2 Å². The third-order valence-corrected chi connectivity index (χ3v) is 9.61. The molecule has 0 bridgehead atoms. The van der Waals surface area contributed by atoms with Gasteiger partial charge in [0.2, 0.25) is 0 Å². The van der Waals surface area contributed by atoms with Crippen LogP contribution in [0.1, 0.15) is 39.0 Å². The summed E-state index contributed by atoms with van der Waals surface area (Å²) in [4.78, 5) is 0. The molecular weight excluding hydrogens is 319 g/mol. The molecular formula is C19H23AsO. The van der Waals surface area contributed by atoms with Crippen LogP contribution in [0.5, 0.6) is 11.5 Å². The maximum absolute atomic E-state index is 6.09. The number of rotatable bonds is 6. The first-order valence-corrected chi connectivity index (χ1v) is 11.2. The Balaban J connectivity index is 1.78. The molecule has 0 spiro atoms. The van der Waals surface area contributed by atoms with Crippen molar-refractivity contribution in [1.82, 2.24) is 0 Å². The molecule has 3 rings (SSSR count). The van der Waals surface area contributed by atoms with E-state index >= 15 is 0 Å².